The summed E-state index contributed by atoms with van der Waals surface area (Å²) in [5.41, 5.74) is 1.61. The molecule has 0 unspecified atom stereocenters. The first-order valence-electron chi connectivity index (χ1n) is 7.46. The molecule has 0 aromatic heterocycles. The Bertz CT molecular complexity index is 680. The van der Waals surface area contributed by atoms with E-state index in [1.165, 1.54) is 17.7 Å². The lowest BCUT2D eigenvalue weighted by Crippen LogP contribution is -2.56. The zero-order chi connectivity index (χ0) is 15.5. The van der Waals surface area contributed by atoms with Crippen LogP contribution in [-0.4, -0.2) is 30.0 Å². The Morgan fingerprint density at radius 2 is 2.00 bits per heavy atom. The Kier molecular flexibility index (Phi) is 4.09. The quantitative estimate of drug-likeness (QED) is 0.867. The van der Waals surface area contributed by atoms with Gasteiger partial charge in [0.15, 0.2) is 0 Å². The molecule has 22 heavy (non-hydrogen) atoms. The van der Waals surface area contributed by atoms with E-state index in [-0.39, 0.29) is 12.0 Å². The summed E-state index contributed by atoms with van der Waals surface area (Å²) in [6.07, 6.45) is 0.969. The van der Waals surface area contributed by atoms with Crippen LogP contribution in [0.2, 0.25) is 0 Å². The summed E-state index contributed by atoms with van der Waals surface area (Å²) >= 11 is 0. The van der Waals surface area contributed by atoms with Gasteiger partial charge in [-0.25, -0.2) is 4.39 Å². The highest BCUT2D eigenvalue weighted by molar-refractivity contribution is 5.94. The van der Waals surface area contributed by atoms with Crippen molar-refractivity contribution in [2.45, 2.75) is 19.4 Å². The number of carbonyl (C=O) groups is 1. The summed E-state index contributed by atoms with van der Waals surface area (Å²) in [5.74, 6) is 0.291. The van der Waals surface area contributed by atoms with Gasteiger partial charge in [-0.2, -0.15) is 0 Å². The number of likely N-dealkylation sites (tertiary alicyclic amines) is 1. The smallest absolute Gasteiger partial charge is 0.254 e. The lowest BCUT2D eigenvalue weighted by Gasteiger charge is -2.39. The summed E-state index contributed by atoms with van der Waals surface area (Å²) in [6.45, 7) is 3.17. The molecule has 114 valence electrons. The van der Waals surface area contributed by atoms with Crippen LogP contribution in [0.25, 0.3) is 0 Å². The maximum Gasteiger partial charge on any atom is 0.254 e. The zero-order valence-corrected chi connectivity index (χ0v) is 12.5. The van der Waals surface area contributed by atoms with Crippen LogP contribution in [0, 0.1) is 5.82 Å². The van der Waals surface area contributed by atoms with Crippen molar-refractivity contribution >= 4 is 5.91 Å². The van der Waals surface area contributed by atoms with Crippen LogP contribution in [-0.2, 0) is 6.42 Å². The highest BCUT2D eigenvalue weighted by atomic mass is 19.1. The van der Waals surface area contributed by atoms with Gasteiger partial charge in [-0.1, -0.05) is 25.1 Å². The van der Waals surface area contributed by atoms with Crippen LogP contribution in [0.5, 0.6) is 5.75 Å². The fourth-order valence-electron chi connectivity index (χ4n) is 2.51. The van der Waals surface area contributed by atoms with Crippen LogP contribution in [0.15, 0.2) is 48.5 Å². The second-order valence-corrected chi connectivity index (χ2v) is 5.46. The average Bonchev–Trinajstić information content (AvgIpc) is 2.50. The molecule has 2 aromatic rings. The molecule has 1 heterocycles. The highest BCUT2D eigenvalue weighted by Gasteiger charge is 2.32. The summed E-state index contributed by atoms with van der Waals surface area (Å²) in [6, 6.07) is 13.8. The molecule has 0 bridgehead atoms. The van der Waals surface area contributed by atoms with Crippen molar-refractivity contribution in [1.82, 2.24) is 4.90 Å². The van der Waals surface area contributed by atoms with E-state index in [1.807, 2.05) is 18.2 Å². The van der Waals surface area contributed by atoms with Gasteiger partial charge in [0.05, 0.1) is 13.1 Å². The van der Waals surface area contributed by atoms with Crippen molar-refractivity contribution in [3.8, 4) is 5.75 Å². The van der Waals surface area contributed by atoms with Crippen molar-refractivity contribution in [1.29, 1.82) is 0 Å². The lowest BCUT2D eigenvalue weighted by molar-refractivity contribution is 0.0177. The molecule has 3 nitrogen and oxygen atoms in total. The molecule has 1 aliphatic rings. The molecule has 3 rings (SSSR count). The van der Waals surface area contributed by atoms with E-state index in [0.29, 0.717) is 18.7 Å². The fourth-order valence-corrected chi connectivity index (χ4v) is 2.51. The first-order valence-corrected chi connectivity index (χ1v) is 7.46. The zero-order valence-electron chi connectivity index (χ0n) is 12.5. The second kappa shape index (κ2) is 6.18. The van der Waals surface area contributed by atoms with Gasteiger partial charge in [0.1, 0.15) is 17.7 Å². The van der Waals surface area contributed by atoms with E-state index >= 15 is 0 Å². The molecule has 1 saturated heterocycles. The highest BCUT2D eigenvalue weighted by Crippen LogP contribution is 2.21. The van der Waals surface area contributed by atoms with Crippen molar-refractivity contribution in [2.24, 2.45) is 0 Å². The van der Waals surface area contributed by atoms with Gasteiger partial charge < -0.3 is 9.64 Å². The number of ether oxygens (including phenoxy) is 1. The minimum Gasteiger partial charge on any atom is -0.487 e. The van der Waals surface area contributed by atoms with Gasteiger partial charge in [0, 0.05) is 5.56 Å². The van der Waals surface area contributed by atoms with Crippen molar-refractivity contribution < 1.29 is 13.9 Å². The molecule has 0 aliphatic carbocycles. The number of amides is 1. The molecule has 0 spiro atoms. The number of nitrogens with zero attached hydrogens (tertiary/aromatic N) is 1. The Hall–Kier alpha value is -2.36. The van der Waals surface area contributed by atoms with E-state index < -0.39 is 5.82 Å². The third kappa shape index (κ3) is 3.11. The molecule has 1 amide bonds. The summed E-state index contributed by atoms with van der Waals surface area (Å²) < 4.78 is 19.0. The van der Waals surface area contributed by atoms with Crippen LogP contribution >= 0.6 is 0 Å². The monoisotopic (exact) mass is 299 g/mol. The molecule has 0 saturated carbocycles. The average molecular weight is 299 g/mol. The van der Waals surface area contributed by atoms with E-state index in [4.69, 9.17) is 4.74 Å². The molecular formula is C18H18FNO2. The van der Waals surface area contributed by atoms with Crippen molar-refractivity contribution in [2.75, 3.05) is 13.1 Å². The minimum absolute atomic E-state index is 0.00427. The van der Waals surface area contributed by atoms with Crippen molar-refractivity contribution in [3.05, 3.63) is 65.5 Å². The largest absolute Gasteiger partial charge is 0.487 e. The predicted octanol–water partition coefficient (Wildman–Crippen LogP) is 3.29. The molecule has 1 aliphatic heterocycles. The van der Waals surface area contributed by atoms with Gasteiger partial charge in [-0.3, -0.25) is 4.79 Å². The third-order valence-electron chi connectivity index (χ3n) is 3.82. The summed E-state index contributed by atoms with van der Waals surface area (Å²) in [7, 11) is 0. The van der Waals surface area contributed by atoms with E-state index in [1.54, 1.807) is 17.0 Å². The van der Waals surface area contributed by atoms with Crippen LogP contribution in [0.1, 0.15) is 22.8 Å². The third-order valence-corrected chi connectivity index (χ3v) is 3.82. The van der Waals surface area contributed by atoms with Gasteiger partial charge >= 0.3 is 0 Å². The Morgan fingerprint density at radius 1 is 1.23 bits per heavy atom. The molecular weight excluding hydrogens is 281 g/mol. The number of halogens is 1. The van der Waals surface area contributed by atoms with Crippen LogP contribution in [0.4, 0.5) is 4.39 Å². The minimum atomic E-state index is -0.393. The molecule has 1 fully saturated rings. The van der Waals surface area contributed by atoms with Gasteiger partial charge in [-0.05, 0) is 42.3 Å². The molecule has 0 N–H and O–H groups in total. The number of rotatable bonds is 4. The maximum absolute atomic E-state index is 13.2. The van der Waals surface area contributed by atoms with Crippen LogP contribution < -0.4 is 4.74 Å². The molecule has 2 aromatic carbocycles. The predicted molar refractivity (Wildman–Crippen MR) is 82.5 cm³/mol. The molecule has 4 heteroatoms. The SMILES string of the molecule is CCc1cccc(OC2CN(C(=O)c3cccc(F)c3)C2)c1. The Labute approximate surface area is 129 Å². The molecule has 0 atom stereocenters. The first kappa shape index (κ1) is 14.6. The van der Waals surface area contributed by atoms with Gasteiger partial charge in [0.25, 0.3) is 5.91 Å². The van der Waals surface area contributed by atoms with Crippen molar-refractivity contribution in [3.63, 3.8) is 0 Å². The number of hydrogen-bond donors (Lipinski definition) is 0. The Balaban J connectivity index is 1.56. The standard InChI is InChI=1S/C18H18FNO2/c1-2-13-5-3-8-16(9-13)22-17-11-20(12-17)18(21)14-6-4-7-15(19)10-14/h3-10,17H,2,11-12H2,1H3. The summed E-state index contributed by atoms with van der Waals surface area (Å²) in [5, 5.41) is 0. The van der Waals surface area contributed by atoms with E-state index in [0.717, 1.165) is 12.2 Å². The van der Waals surface area contributed by atoms with E-state index in [2.05, 4.69) is 13.0 Å². The van der Waals surface area contributed by atoms with Gasteiger partial charge in [0.2, 0.25) is 0 Å². The van der Waals surface area contributed by atoms with Gasteiger partial charge in [-0.15, -0.1) is 0 Å². The maximum atomic E-state index is 13.2. The first-order chi connectivity index (χ1) is 10.7. The molecule has 0 radical (unpaired) electrons. The van der Waals surface area contributed by atoms with E-state index in [9.17, 15) is 9.18 Å². The number of aryl methyl sites for hydroxylation is 1. The second-order valence-electron chi connectivity index (χ2n) is 5.46. The number of hydrogen-bond acceptors (Lipinski definition) is 2. The Morgan fingerprint density at radius 3 is 2.73 bits per heavy atom. The number of benzene rings is 2. The van der Waals surface area contributed by atoms with Crippen LogP contribution in [0.3, 0.4) is 0 Å². The fraction of sp³-hybridized carbons (Fsp3) is 0.278. The summed E-state index contributed by atoms with van der Waals surface area (Å²) in [4.78, 5) is 13.9. The normalized spacial score (nSPS) is 14.5. The number of carbonyl (C=O) groups excluding carboxylic acids is 1. The topological polar surface area (TPSA) is 29.5 Å². The lowest BCUT2D eigenvalue weighted by atomic mass is 10.1.